The highest BCUT2D eigenvalue weighted by molar-refractivity contribution is 6.70. The fraction of sp³-hybridized carbons (Fsp3) is 0.222. The summed E-state index contributed by atoms with van der Waals surface area (Å²) in [6, 6.07) is 7.31. The number of hydrogen-bond donors (Lipinski definition) is 0. The molecule has 2 heterocycles. The molecule has 1 aromatic heterocycles. The first kappa shape index (κ1) is 31.7. The van der Waals surface area contributed by atoms with Gasteiger partial charge in [-0.2, -0.15) is 0 Å². The standard InChI is InChI=1S/C27H16B11N3O2/c1-26(2)27(3,4)43-38(42-26)10-7-5-9(6-8-10)23-39-24(11-13(28)17(32)21(36)18(33)14(11)29)41-25(40-23)12-15(30)19(34)22(37)20(35)16(12)31/h5-8H,1-4H3. The Kier molecular flexibility index (Phi) is 8.14. The lowest BCUT2D eigenvalue weighted by molar-refractivity contribution is 0.00578. The van der Waals surface area contributed by atoms with Crippen LogP contribution in [0.3, 0.4) is 0 Å². The summed E-state index contributed by atoms with van der Waals surface area (Å²) in [4.78, 5) is 13.9. The second kappa shape index (κ2) is 11.0. The monoisotopic (exact) mass is 535 g/mol. The van der Waals surface area contributed by atoms with Gasteiger partial charge in [0.25, 0.3) is 0 Å². The van der Waals surface area contributed by atoms with E-state index in [1.54, 1.807) is 12.1 Å². The maximum Gasteiger partial charge on any atom is 0.494 e. The van der Waals surface area contributed by atoms with E-state index in [-0.39, 0.29) is 83.2 Å². The number of hydrogen-bond acceptors (Lipinski definition) is 5. The zero-order chi connectivity index (χ0) is 31.8. The van der Waals surface area contributed by atoms with Gasteiger partial charge in [0.2, 0.25) is 0 Å². The van der Waals surface area contributed by atoms with E-state index in [9.17, 15) is 0 Å². The van der Waals surface area contributed by atoms with Crippen LogP contribution in [0.25, 0.3) is 34.2 Å². The molecule has 0 spiro atoms. The summed E-state index contributed by atoms with van der Waals surface area (Å²) >= 11 is 0. The summed E-state index contributed by atoms with van der Waals surface area (Å²) in [7, 11) is 61.4. The van der Waals surface area contributed by atoms with Crippen molar-refractivity contribution in [3.63, 3.8) is 0 Å². The molecular formula is C27H16B11N3O2. The molecule has 0 N–H and O–H groups in total. The Morgan fingerprint density at radius 2 is 0.767 bits per heavy atom. The fourth-order valence-electron chi connectivity index (χ4n) is 4.68. The van der Waals surface area contributed by atoms with Gasteiger partial charge < -0.3 is 9.31 Å². The Bertz CT molecular complexity index is 1640. The molecule has 0 bridgehead atoms. The molecule has 0 amide bonds. The van der Waals surface area contributed by atoms with Crippen molar-refractivity contribution in [3.05, 3.63) is 24.3 Å². The van der Waals surface area contributed by atoms with Crippen LogP contribution >= 0.6 is 0 Å². The van der Waals surface area contributed by atoms with E-state index in [1.165, 1.54) is 0 Å². The van der Waals surface area contributed by atoms with Gasteiger partial charge in [0.1, 0.15) is 78.5 Å². The van der Waals surface area contributed by atoms with Crippen LogP contribution in [0, 0.1) is 0 Å². The largest absolute Gasteiger partial charge is 0.494 e. The third-order valence-electron chi connectivity index (χ3n) is 8.18. The molecule has 0 atom stereocenters. The minimum absolute atomic E-state index is 0.0243. The van der Waals surface area contributed by atoms with Crippen molar-refractivity contribution in [2.24, 2.45) is 0 Å². The Labute approximate surface area is 266 Å². The van der Waals surface area contributed by atoms with Crippen LogP contribution in [0.5, 0.6) is 0 Å². The molecule has 0 unspecified atom stereocenters. The molecule has 1 aliphatic rings. The van der Waals surface area contributed by atoms with Gasteiger partial charge in [-0.1, -0.05) is 46.1 Å². The lowest BCUT2D eigenvalue weighted by atomic mass is 9.60. The Morgan fingerprint density at radius 1 is 0.465 bits per heavy atom. The summed E-state index contributed by atoms with van der Waals surface area (Å²) < 4.78 is 12.4. The summed E-state index contributed by atoms with van der Waals surface area (Å²) in [5, 5.41) is 0. The zero-order valence-corrected chi connectivity index (χ0v) is 24.3. The predicted octanol–water partition coefficient (Wildman–Crippen LogP) is -6.89. The van der Waals surface area contributed by atoms with Crippen LogP contribution in [0.1, 0.15) is 27.7 Å². The molecule has 0 saturated carbocycles. The van der Waals surface area contributed by atoms with E-state index in [4.69, 9.17) is 87.8 Å². The van der Waals surface area contributed by atoms with Crippen molar-refractivity contribution in [1.29, 1.82) is 0 Å². The second-order valence-electron chi connectivity index (χ2n) is 11.4. The Balaban J connectivity index is 1.72. The predicted molar refractivity (Wildman–Crippen MR) is 186 cm³/mol. The molecule has 43 heavy (non-hydrogen) atoms. The molecule has 20 radical (unpaired) electrons. The summed E-state index contributed by atoms with van der Waals surface area (Å²) in [5.41, 5.74) is 0.986. The number of nitrogens with zero attached hydrogens (tertiary/aromatic N) is 3. The van der Waals surface area contributed by atoms with E-state index < -0.39 is 18.3 Å². The van der Waals surface area contributed by atoms with Gasteiger partial charge in [0.15, 0.2) is 17.5 Å². The average Bonchev–Trinajstić information content (AvgIpc) is 3.19. The topological polar surface area (TPSA) is 57.1 Å². The van der Waals surface area contributed by atoms with Crippen molar-refractivity contribution in [2.75, 3.05) is 0 Å². The van der Waals surface area contributed by atoms with Crippen LogP contribution in [0.4, 0.5) is 0 Å². The molecule has 1 fully saturated rings. The molecule has 1 aliphatic heterocycles. The van der Waals surface area contributed by atoms with Gasteiger partial charge in [-0.3, -0.25) is 0 Å². The molecule has 4 aromatic rings. The van der Waals surface area contributed by atoms with Crippen molar-refractivity contribution >= 4 is 146 Å². The third-order valence-corrected chi connectivity index (χ3v) is 8.18. The maximum absolute atomic E-state index is 6.35. The van der Waals surface area contributed by atoms with E-state index in [1.807, 2.05) is 39.8 Å². The Morgan fingerprint density at radius 3 is 1.12 bits per heavy atom. The van der Waals surface area contributed by atoms with Crippen LogP contribution in [-0.2, 0) is 9.31 Å². The number of benzene rings is 3. The first-order valence-corrected chi connectivity index (χ1v) is 13.2. The Hall–Kier alpha value is -2.70. The van der Waals surface area contributed by atoms with Gasteiger partial charge in [-0.05, 0) is 33.2 Å². The molecule has 3 aromatic carbocycles. The highest BCUT2D eigenvalue weighted by Crippen LogP contribution is 2.36. The molecule has 16 heteroatoms. The van der Waals surface area contributed by atoms with E-state index in [2.05, 4.69) is 15.0 Å². The van der Waals surface area contributed by atoms with Crippen LogP contribution < -0.4 is 60.1 Å². The highest BCUT2D eigenvalue weighted by atomic mass is 16.7. The van der Waals surface area contributed by atoms with E-state index >= 15 is 0 Å². The third kappa shape index (κ3) is 5.23. The SMILES string of the molecule is [B]c1c([B])c([B])c(-c2nc(-c3ccc(B4OC(C)(C)C(C)(C)O4)cc3)nc(-c3c([B])c([B])c([B])c([B])c3[B])n2)c([B])c1[B]. The summed E-state index contributed by atoms with van der Waals surface area (Å²) in [6.45, 7) is 7.93. The minimum atomic E-state index is -0.566. The first-order valence-electron chi connectivity index (χ1n) is 13.2. The molecule has 5 nitrogen and oxygen atoms in total. The minimum Gasteiger partial charge on any atom is -0.399 e. The lowest BCUT2D eigenvalue weighted by Gasteiger charge is -2.32. The van der Waals surface area contributed by atoms with Crippen molar-refractivity contribution in [1.82, 2.24) is 15.0 Å². The van der Waals surface area contributed by atoms with Crippen LogP contribution in [0.2, 0.25) is 0 Å². The normalized spacial score (nSPS) is 15.6. The summed E-state index contributed by atoms with van der Waals surface area (Å²) in [6.07, 6.45) is 0. The molecule has 0 aliphatic carbocycles. The average molecular weight is 533 g/mol. The highest BCUT2D eigenvalue weighted by Gasteiger charge is 2.51. The molecule has 1 saturated heterocycles. The quantitative estimate of drug-likeness (QED) is 0.245. The molecule has 184 valence electrons. The van der Waals surface area contributed by atoms with E-state index in [0.29, 0.717) is 5.56 Å². The lowest BCUT2D eigenvalue weighted by Crippen LogP contribution is -2.55. The zero-order valence-electron chi connectivity index (χ0n) is 24.3. The second-order valence-corrected chi connectivity index (χ2v) is 11.4. The van der Waals surface area contributed by atoms with Gasteiger partial charge in [-0.15, -0.1) is 32.8 Å². The first-order chi connectivity index (χ1) is 20.0. The van der Waals surface area contributed by atoms with Crippen molar-refractivity contribution < 1.29 is 9.31 Å². The fourth-order valence-corrected chi connectivity index (χ4v) is 4.68. The van der Waals surface area contributed by atoms with Gasteiger partial charge in [-0.25, -0.2) is 15.0 Å². The van der Waals surface area contributed by atoms with Crippen LogP contribution in [-0.4, -0.2) is 112 Å². The number of rotatable bonds is 4. The number of aromatic nitrogens is 3. The van der Waals surface area contributed by atoms with Gasteiger partial charge in [0.05, 0.1) is 11.2 Å². The van der Waals surface area contributed by atoms with Crippen LogP contribution in [0.15, 0.2) is 24.3 Å². The van der Waals surface area contributed by atoms with Crippen molar-refractivity contribution in [2.45, 2.75) is 38.9 Å². The maximum atomic E-state index is 6.35. The van der Waals surface area contributed by atoms with Gasteiger partial charge >= 0.3 is 7.12 Å². The smallest absolute Gasteiger partial charge is 0.399 e. The van der Waals surface area contributed by atoms with Gasteiger partial charge in [0, 0.05) is 16.7 Å². The van der Waals surface area contributed by atoms with E-state index in [0.717, 1.165) is 5.46 Å². The van der Waals surface area contributed by atoms with Crippen molar-refractivity contribution in [3.8, 4) is 34.2 Å². The molecular weight excluding hydrogens is 517 g/mol. The molecule has 5 rings (SSSR count). The summed E-state index contributed by atoms with van der Waals surface area (Å²) in [5.74, 6) is 0.258.